The molecular weight excluding hydrogens is 358 g/mol. The van der Waals surface area contributed by atoms with Gasteiger partial charge in [0.1, 0.15) is 0 Å². The van der Waals surface area contributed by atoms with E-state index in [4.69, 9.17) is 5.14 Å². The Morgan fingerprint density at radius 2 is 1.79 bits per heavy atom. The summed E-state index contributed by atoms with van der Waals surface area (Å²) in [5.41, 5.74) is 0.678. The molecule has 0 bridgehead atoms. The minimum Gasteiger partial charge on any atom is -0.258 e. The molecule has 0 aromatic heterocycles. The monoisotopic (exact) mass is 377 g/mol. The molecule has 1 atom stereocenters. The Morgan fingerprint density at radius 3 is 2.33 bits per heavy atom. The van der Waals surface area contributed by atoms with E-state index >= 15 is 0 Å². The maximum atomic E-state index is 12.8. The van der Waals surface area contributed by atoms with E-state index < -0.39 is 40.8 Å². The zero-order valence-corrected chi connectivity index (χ0v) is 14.9. The molecule has 0 spiro atoms. The minimum atomic E-state index is -4.20. The Morgan fingerprint density at radius 1 is 1.21 bits per heavy atom. The SMILES string of the molecule is Cc1cc([N+](=O)[O-])c(S(=O)(=O)N2CCCC(S(N)(=O)=O)C2)cc1C. The third-order valence-corrected chi connectivity index (χ3v) is 7.40. The highest BCUT2D eigenvalue weighted by Crippen LogP contribution is 2.31. The van der Waals surface area contributed by atoms with Crippen molar-refractivity contribution in [2.24, 2.45) is 5.14 Å². The molecule has 1 aliphatic heterocycles. The topological polar surface area (TPSA) is 141 Å². The van der Waals surface area contributed by atoms with Gasteiger partial charge >= 0.3 is 0 Å². The van der Waals surface area contributed by atoms with Crippen molar-refractivity contribution in [3.63, 3.8) is 0 Å². The van der Waals surface area contributed by atoms with E-state index in [1.54, 1.807) is 13.8 Å². The van der Waals surface area contributed by atoms with Crippen LogP contribution in [0.2, 0.25) is 0 Å². The van der Waals surface area contributed by atoms with E-state index in [1.165, 1.54) is 12.1 Å². The van der Waals surface area contributed by atoms with Crippen molar-refractivity contribution in [2.75, 3.05) is 13.1 Å². The Hall–Kier alpha value is -1.56. The maximum Gasteiger partial charge on any atom is 0.289 e. The Bertz CT molecular complexity index is 879. The molecule has 2 rings (SSSR count). The fourth-order valence-electron chi connectivity index (χ4n) is 2.65. The number of nitro groups is 1. The molecule has 0 amide bonds. The Kier molecular flexibility index (Phi) is 5.00. The summed E-state index contributed by atoms with van der Waals surface area (Å²) in [6, 6.07) is 2.46. The van der Waals surface area contributed by atoms with Crippen LogP contribution in [0.25, 0.3) is 0 Å². The molecule has 0 saturated carbocycles. The van der Waals surface area contributed by atoms with Gasteiger partial charge in [-0.1, -0.05) is 0 Å². The van der Waals surface area contributed by atoms with E-state index in [-0.39, 0.29) is 19.5 Å². The molecule has 1 heterocycles. The van der Waals surface area contributed by atoms with Crippen molar-refractivity contribution in [3.05, 3.63) is 33.4 Å². The lowest BCUT2D eigenvalue weighted by Crippen LogP contribution is -2.47. The van der Waals surface area contributed by atoms with Gasteiger partial charge in [-0.05, 0) is 43.9 Å². The second kappa shape index (κ2) is 6.39. The molecule has 1 unspecified atom stereocenters. The number of hydrogen-bond acceptors (Lipinski definition) is 6. The molecule has 1 aromatic rings. The van der Waals surface area contributed by atoms with Gasteiger partial charge in [-0.15, -0.1) is 0 Å². The number of nitrogens with zero attached hydrogens (tertiary/aromatic N) is 2. The van der Waals surface area contributed by atoms with Crippen LogP contribution in [0.15, 0.2) is 17.0 Å². The quantitative estimate of drug-likeness (QED) is 0.603. The van der Waals surface area contributed by atoms with E-state index in [2.05, 4.69) is 0 Å². The zero-order valence-electron chi connectivity index (χ0n) is 13.3. The zero-order chi connectivity index (χ0) is 18.3. The number of piperidine rings is 1. The van der Waals surface area contributed by atoms with Crippen LogP contribution in [0.3, 0.4) is 0 Å². The molecule has 1 fully saturated rings. The van der Waals surface area contributed by atoms with Gasteiger partial charge in [-0.2, -0.15) is 4.31 Å². The van der Waals surface area contributed by atoms with Gasteiger partial charge in [0, 0.05) is 19.2 Å². The molecule has 0 radical (unpaired) electrons. The lowest BCUT2D eigenvalue weighted by molar-refractivity contribution is -0.387. The van der Waals surface area contributed by atoms with Crippen molar-refractivity contribution in [1.29, 1.82) is 0 Å². The first-order valence-electron chi connectivity index (χ1n) is 7.22. The third-order valence-electron chi connectivity index (χ3n) is 4.20. The number of nitrogens with two attached hydrogens (primary N) is 1. The molecular formula is C13H19N3O6S2. The largest absolute Gasteiger partial charge is 0.289 e. The number of rotatable bonds is 4. The molecule has 0 aliphatic carbocycles. The van der Waals surface area contributed by atoms with Crippen LogP contribution in [-0.4, -0.2) is 44.4 Å². The lowest BCUT2D eigenvalue weighted by Gasteiger charge is -2.30. The molecule has 24 heavy (non-hydrogen) atoms. The van der Waals surface area contributed by atoms with Gasteiger partial charge in [0.05, 0.1) is 10.2 Å². The first-order valence-corrected chi connectivity index (χ1v) is 10.3. The molecule has 1 saturated heterocycles. The van der Waals surface area contributed by atoms with Crippen molar-refractivity contribution < 1.29 is 21.8 Å². The second-order valence-corrected chi connectivity index (χ2v) is 9.63. The first-order chi connectivity index (χ1) is 10.9. The highest BCUT2D eigenvalue weighted by molar-refractivity contribution is 7.90. The Balaban J connectivity index is 2.51. The minimum absolute atomic E-state index is 0.0957. The van der Waals surface area contributed by atoms with E-state index in [9.17, 15) is 26.9 Å². The summed E-state index contributed by atoms with van der Waals surface area (Å²) in [4.78, 5) is 10.1. The van der Waals surface area contributed by atoms with Gasteiger partial charge in [-0.3, -0.25) is 10.1 Å². The van der Waals surface area contributed by atoms with Gasteiger partial charge in [0.2, 0.25) is 20.0 Å². The Labute approximate surface area is 140 Å². The van der Waals surface area contributed by atoms with Crippen molar-refractivity contribution in [3.8, 4) is 0 Å². The van der Waals surface area contributed by atoms with E-state index in [1.807, 2.05) is 0 Å². The van der Waals surface area contributed by atoms with Crippen molar-refractivity contribution in [1.82, 2.24) is 4.31 Å². The summed E-state index contributed by atoms with van der Waals surface area (Å²) in [5.74, 6) is 0. The highest BCUT2D eigenvalue weighted by Gasteiger charge is 2.38. The van der Waals surface area contributed by atoms with Crippen molar-refractivity contribution >= 4 is 25.7 Å². The first kappa shape index (κ1) is 18.8. The van der Waals surface area contributed by atoms with Crippen LogP contribution >= 0.6 is 0 Å². The number of sulfonamides is 2. The number of nitro benzene ring substituents is 1. The predicted octanol–water partition coefficient (Wildman–Crippen LogP) is 0.653. The van der Waals surface area contributed by atoms with Crippen LogP contribution in [0.5, 0.6) is 0 Å². The molecule has 11 heteroatoms. The van der Waals surface area contributed by atoms with Crippen LogP contribution < -0.4 is 5.14 Å². The normalized spacial score (nSPS) is 20.0. The van der Waals surface area contributed by atoms with E-state index in [0.717, 1.165) is 4.31 Å². The molecule has 2 N–H and O–H groups in total. The second-order valence-electron chi connectivity index (χ2n) is 5.88. The number of hydrogen-bond donors (Lipinski definition) is 1. The highest BCUT2D eigenvalue weighted by atomic mass is 32.2. The molecule has 134 valence electrons. The summed E-state index contributed by atoms with van der Waals surface area (Å²) in [6.07, 6.45) is 0.582. The van der Waals surface area contributed by atoms with Crippen LogP contribution in [-0.2, 0) is 20.0 Å². The average Bonchev–Trinajstić information content (AvgIpc) is 2.48. The van der Waals surface area contributed by atoms with Gasteiger partial charge in [-0.25, -0.2) is 22.0 Å². The molecule has 1 aliphatic rings. The van der Waals surface area contributed by atoms with Crippen LogP contribution in [0.4, 0.5) is 5.69 Å². The van der Waals surface area contributed by atoms with Gasteiger partial charge < -0.3 is 0 Å². The average molecular weight is 377 g/mol. The summed E-state index contributed by atoms with van der Waals surface area (Å²) in [6.45, 7) is 3.10. The summed E-state index contributed by atoms with van der Waals surface area (Å²) < 4.78 is 49.7. The maximum absolute atomic E-state index is 12.8. The molecule has 9 nitrogen and oxygen atoms in total. The van der Waals surface area contributed by atoms with Gasteiger partial charge in [0.15, 0.2) is 4.90 Å². The smallest absolute Gasteiger partial charge is 0.258 e. The van der Waals surface area contributed by atoms with Crippen LogP contribution in [0.1, 0.15) is 24.0 Å². The summed E-state index contributed by atoms with van der Waals surface area (Å²) in [5, 5.41) is 15.4. The summed E-state index contributed by atoms with van der Waals surface area (Å²) in [7, 11) is -8.08. The standard InChI is InChI=1S/C13H19N3O6S2/c1-9-6-12(16(17)18)13(7-10(9)2)24(21,22)15-5-3-4-11(8-15)23(14,19)20/h6-7,11H,3-5,8H2,1-2H3,(H2,14,19,20). The fourth-order valence-corrected chi connectivity index (χ4v) is 5.38. The van der Waals surface area contributed by atoms with Gasteiger partial charge in [0.25, 0.3) is 5.69 Å². The lowest BCUT2D eigenvalue weighted by atomic mass is 10.1. The van der Waals surface area contributed by atoms with E-state index in [0.29, 0.717) is 17.5 Å². The summed E-state index contributed by atoms with van der Waals surface area (Å²) >= 11 is 0. The number of primary sulfonamides is 1. The van der Waals surface area contributed by atoms with Crippen LogP contribution in [0, 0.1) is 24.0 Å². The third kappa shape index (κ3) is 3.58. The number of benzene rings is 1. The molecule has 1 aromatic carbocycles. The number of aryl methyl sites for hydroxylation is 2. The fraction of sp³-hybridized carbons (Fsp3) is 0.538. The van der Waals surface area contributed by atoms with Crippen molar-refractivity contribution in [2.45, 2.75) is 36.8 Å². The predicted molar refractivity (Wildman–Crippen MR) is 87.5 cm³/mol.